The molecule has 0 radical (unpaired) electrons. The molecule has 0 bridgehead atoms. The summed E-state index contributed by atoms with van der Waals surface area (Å²) in [5, 5.41) is 8.96. The van der Waals surface area contributed by atoms with Gasteiger partial charge in [0.2, 0.25) is 5.78 Å². The molecule has 0 aliphatic carbocycles. The van der Waals surface area contributed by atoms with Crippen molar-refractivity contribution in [1.82, 2.24) is 10.2 Å². The molecule has 0 unspecified atom stereocenters. The molecule has 0 N–H and O–H groups in total. The van der Waals surface area contributed by atoms with Gasteiger partial charge in [-0.1, -0.05) is 18.2 Å². The Hall–Kier alpha value is -2.75. The lowest BCUT2D eigenvalue weighted by atomic mass is 10.1. The van der Waals surface area contributed by atoms with E-state index in [-0.39, 0.29) is 5.78 Å². The van der Waals surface area contributed by atoms with Crippen molar-refractivity contribution in [2.75, 3.05) is 7.11 Å². The number of benzene rings is 2. The first-order valence-electron chi connectivity index (χ1n) is 6.19. The minimum absolute atomic E-state index is 0.147. The fourth-order valence-electron chi connectivity index (χ4n) is 1.99. The summed E-state index contributed by atoms with van der Waals surface area (Å²) in [6.45, 7) is 0. The van der Waals surface area contributed by atoms with Gasteiger partial charge in [-0.2, -0.15) is 0 Å². The molecule has 4 nitrogen and oxygen atoms in total. The van der Waals surface area contributed by atoms with Crippen molar-refractivity contribution < 1.29 is 9.53 Å². The Kier molecular flexibility index (Phi) is 3.13. The zero-order chi connectivity index (χ0) is 13.9. The second-order valence-electron chi connectivity index (χ2n) is 4.35. The van der Waals surface area contributed by atoms with Gasteiger partial charge in [0.25, 0.3) is 0 Å². The standard InChI is InChI=1S/C16H12N2O2/c1-20-13-8-6-11(7-9-13)16(19)15-10-12-4-2-3-5-14(12)17-18-15/h2-10H,1H3. The van der Waals surface area contributed by atoms with Gasteiger partial charge in [0.15, 0.2) is 0 Å². The SMILES string of the molecule is COc1ccc(C(=O)c2cc3ccccc3nn2)cc1. The molecule has 0 fully saturated rings. The largest absolute Gasteiger partial charge is 0.497 e. The van der Waals surface area contributed by atoms with Gasteiger partial charge in [0.05, 0.1) is 12.6 Å². The van der Waals surface area contributed by atoms with Crippen LogP contribution in [0.25, 0.3) is 10.9 Å². The number of nitrogens with zero attached hydrogens (tertiary/aromatic N) is 2. The molecule has 4 heteroatoms. The topological polar surface area (TPSA) is 52.1 Å². The van der Waals surface area contributed by atoms with Crippen molar-refractivity contribution in [2.45, 2.75) is 0 Å². The van der Waals surface area contributed by atoms with Crippen LogP contribution in [0.3, 0.4) is 0 Å². The number of rotatable bonds is 3. The summed E-state index contributed by atoms with van der Waals surface area (Å²) in [6.07, 6.45) is 0. The first-order chi connectivity index (χ1) is 9.78. The van der Waals surface area contributed by atoms with Gasteiger partial charge in [-0.3, -0.25) is 4.79 Å². The average molecular weight is 264 g/mol. The fraction of sp³-hybridized carbons (Fsp3) is 0.0625. The van der Waals surface area contributed by atoms with E-state index in [0.717, 1.165) is 10.9 Å². The fourth-order valence-corrected chi connectivity index (χ4v) is 1.99. The van der Waals surface area contributed by atoms with E-state index in [0.29, 0.717) is 17.0 Å². The van der Waals surface area contributed by atoms with E-state index < -0.39 is 0 Å². The van der Waals surface area contributed by atoms with Gasteiger partial charge in [-0.05, 0) is 36.4 Å². The van der Waals surface area contributed by atoms with E-state index in [2.05, 4.69) is 10.2 Å². The van der Waals surface area contributed by atoms with Gasteiger partial charge < -0.3 is 4.74 Å². The third-order valence-corrected chi connectivity index (χ3v) is 3.08. The molecule has 1 heterocycles. The first-order valence-corrected chi connectivity index (χ1v) is 6.19. The van der Waals surface area contributed by atoms with Crippen molar-refractivity contribution in [3.05, 3.63) is 65.9 Å². The molecule has 3 rings (SSSR count). The molecule has 0 aliphatic rings. The molecule has 0 aliphatic heterocycles. The summed E-state index contributed by atoms with van der Waals surface area (Å²) in [5.41, 5.74) is 1.68. The van der Waals surface area contributed by atoms with Crippen LogP contribution in [0.2, 0.25) is 0 Å². The molecule has 98 valence electrons. The normalized spacial score (nSPS) is 10.4. The number of fused-ring (bicyclic) bond motifs is 1. The number of ether oxygens (including phenoxy) is 1. The van der Waals surface area contributed by atoms with Crippen LogP contribution >= 0.6 is 0 Å². The molecular formula is C16H12N2O2. The number of carbonyl (C=O) groups excluding carboxylic acids is 1. The molecule has 1 aromatic heterocycles. The number of hydrogen-bond donors (Lipinski definition) is 0. The Bertz CT molecular complexity index is 767. The van der Waals surface area contributed by atoms with Gasteiger partial charge in [0, 0.05) is 10.9 Å². The van der Waals surface area contributed by atoms with Crippen LogP contribution in [0, 0.1) is 0 Å². The zero-order valence-corrected chi connectivity index (χ0v) is 10.9. The van der Waals surface area contributed by atoms with Gasteiger partial charge >= 0.3 is 0 Å². The summed E-state index contributed by atoms with van der Waals surface area (Å²) < 4.78 is 5.07. The smallest absolute Gasteiger partial charge is 0.213 e. The van der Waals surface area contributed by atoms with Crippen molar-refractivity contribution in [3.8, 4) is 5.75 Å². The summed E-state index contributed by atoms with van der Waals surface area (Å²) in [7, 11) is 1.59. The molecule has 0 saturated carbocycles. The van der Waals surface area contributed by atoms with Crippen LogP contribution in [0.5, 0.6) is 5.75 Å². The molecular weight excluding hydrogens is 252 g/mol. The minimum Gasteiger partial charge on any atom is -0.497 e. The maximum absolute atomic E-state index is 12.3. The highest BCUT2D eigenvalue weighted by molar-refractivity contribution is 6.08. The quantitative estimate of drug-likeness (QED) is 0.682. The molecule has 20 heavy (non-hydrogen) atoms. The lowest BCUT2D eigenvalue weighted by Gasteiger charge is -2.03. The summed E-state index contributed by atoms with van der Waals surface area (Å²) in [4.78, 5) is 12.3. The van der Waals surface area contributed by atoms with E-state index in [4.69, 9.17) is 4.74 Å². The van der Waals surface area contributed by atoms with Crippen LogP contribution in [-0.2, 0) is 0 Å². The average Bonchev–Trinajstić information content (AvgIpc) is 2.54. The highest BCUT2D eigenvalue weighted by Crippen LogP contribution is 2.16. The van der Waals surface area contributed by atoms with Gasteiger partial charge in [-0.15, -0.1) is 10.2 Å². The third kappa shape index (κ3) is 2.23. The summed E-state index contributed by atoms with van der Waals surface area (Å²) >= 11 is 0. The van der Waals surface area contributed by atoms with Gasteiger partial charge in [0.1, 0.15) is 11.4 Å². The lowest BCUT2D eigenvalue weighted by molar-refractivity contribution is 0.103. The monoisotopic (exact) mass is 264 g/mol. The second-order valence-corrected chi connectivity index (χ2v) is 4.35. The Morgan fingerprint density at radius 2 is 1.75 bits per heavy atom. The van der Waals surface area contributed by atoms with Crippen LogP contribution in [0.1, 0.15) is 16.1 Å². The number of hydrogen-bond acceptors (Lipinski definition) is 4. The van der Waals surface area contributed by atoms with E-state index >= 15 is 0 Å². The first kappa shape index (κ1) is 12.3. The Labute approximate surface area is 116 Å². The van der Waals surface area contributed by atoms with Crippen molar-refractivity contribution in [2.24, 2.45) is 0 Å². The number of methoxy groups -OCH3 is 1. The zero-order valence-electron chi connectivity index (χ0n) is 10.9. The molecule has 0 atom stereocenters. The highest BCUT2D eigenvalue weighted by atomic mass is 16.5. The van der Waals surface area contributed by atoms with Crippen LogP contribution < -0.4 is 4.74 Å². The van der Waals surface area contributed by atoms with Crippen LogP contribution in [-0.4, -0.2) is 23.1 Å². The Morgan fingerprint density at radius 3 is 2.50 bits per heavy atom. The second kappa shape index (κ2) is 5.09. The predicted molar refractivity (Wildman–Crippen MR) is 76.0 cm³/mol. The third-order valence-electron chi connectivity index (χ3n) is 3.08. The van der Waals surface area contributed by atoms with Crippen LogP contribution in [0.15, 0.2) is 54.6 Å². The van der Waals surface area contributed by atoms with Gasteiger partial charge in [-0.25, -0.2) is 0 Å². The Morgan fingerprint density at radius 1 is 1.00 bits per heavy atom. The van der Waals surface area contributed by atoms with Crippen molar-refractivity contribution >= 4 is 16.7 Å². The Balaban J connectivity index is 1.98. The number of carbonyl (C=O) groups is 1. The molecule has 0 amide bonds. The van der Waals surface area contributed by atoms with Crippen molar-refractivity contribution in [1.29, 1.82) is 0 Å². The maximum Gasteiger partial charge on any atom is 0.213 e. The molecule has 0 spiro atoms. The van der Waals surface area contributed by atoms with E-state index in [1.165, 1.54) is 0 Å². The summed E-state index contributed by atoms with van der Waals surface area (Å²) in [5.74, 6) is 0.567. The van der Waals surface area contributed by atoms with E-state index in [1.807, 2.05) is 24.3 Å². The number of ketones is 1. The van der Waals surface area contributed by atoms with Crippen molar-refractivity contribution in [3.63, 3.8) is 0 Å². The minimum atomic E-state index is -0.147. The molecule has 3 aromatic rings. The lowest BCUT2D eigenvalue weighted by Crippen LogP contribution is -2.05. The number of aromatic nitrogens is 2. The van der Waals surface area contributed by atoms with Crippen LogP contribution in [0.4, 0.5) is 0 Å². The maximum atomic E-state index is 12.3. The predicted octanol–water partition coefficient (Wildman–Crippen LogP) is 2.87. The summed E-state index contributed by atoms with van der Waals surface area (Å²) in [6, 6.07) is 16.3. The van der Waals surface area contributed by atoms with E-state index in [1.54, 1.807) is 37.4 Å². The van der Waals surface area contributed by atoms with E-state index in [9.17, 15) is 4.79 Å². The highest BCUT2D eigenvalue weighted by Gasteiger charge is 2.12. The molecule has 0 saturated heterocycles. The molecule has 2 aromatic carbocycles.